The number of amides is 1. The molecule has 1 aliphatic carbocycles. The van der Waals surface area contributed by atoms with Gasteiger partial charge in [0.15, 0.2) is 0 Å². The normalized spacial score (nSPS) is 17.8. The highest BCUT2D eigenvalue weighted by molar-refractivity contribution is 7.12. The Labute approximate surface area is 145 Å². The van der Waals surface area contributed by atoms with Crippen LogP contribution < -0.4 is 16.6 Å². The van der Waals surface area contributed by atoms with Gasteiger partial charge in [-0.1, -0.05) is 32.1 Å². The molecule has 0 aliphatic heterocycles. The van der Waals surface area contributed by atoms with Crippen LogP contribution in [0.1, 0.15) is 48.2 Å². The van der Waals surface area contributed by atoms with E-state index in [1.807, 2.05) is 0 Å². The largest absolute Gasteiger partial charge is 0.465 e. The molecule has 1 saturated carbocycles. The molecule has 2 atom stereocenters. The molecule has 1 heterocycles. The zero-order valence-corrected chi connectivity index (χ0v) is 14.6. The van der Waals surface area contributed by atoms with Crippen molar-refractivity contribution in [3.8, 4) is 0 Å². The van der Waals surface area contributed by atoms with Crippen molar-refractivity contribution in [1.82, 2.24) is 5.43 Å². The summed E-state index contributed by atoms with van der Waals surface area (Å²) in [4.78, 5) is 24.0. The number of nitrogens with one attached hydrogen (secondary N) is 2. The summed E-state index contributed by atoms with van der Waals surface area (Å²) in [5.74, 6) is -0.622. The Hall–Kier alpha value is -1.64. The van der Waals surface area contributed by atoms with Crippen LogP contribution in [-0.2, 0) is 9.53 Å². The number of hydrogen-bond acceptors (Lipinski definition) is 7. The van der Waals surface area contributed by atoms with Crippen LogP contribution in [0.2, 0.25) is 0 Å². The summed E-state index contributed by atoms with van der Waals surface area (Å²) in [5, 5.41) is 11.8. The van der Waals surface area contributed by atoms with E-state index >= 15 is 0 Å². The average Bonchev–Trinajstić information content (AvgIpc) is 3.07. The van der Waals surface area contributed by atoms with E-state index < -0.39 is 24.0 Å². The summed E-state index contributed by atoms with van der Waals surface area (Å²) in [6, 6.07) is 1.04. The lowest BCUT2D eigenvalue weighted by Crippen LogP contribution is -2.48. The van der Waals surface area contributed by atoms with Gasteiger partial charge < -0.3 is 15.6 Å². The zero-order chi connectivity index (χ0) is 17.5. The Morgan fingerprint density at radius 1 is 1.42 bits per heavy atom. The van der Waals surface area contributed by atoms with E-state index in [0.29, 0.717) is 22.9 Å². The number of anilines is 1. The zero-order valence-electron chi connectivity index (χ0n) is 13.8. The highest BCUT2D eigenvalue weighted by atomic mass is 32.1. The van der Waals surface area contributed by atoms with E-state index in [0.717, 1.165) is 12.8 Å². The van der Waals surface area contributed by atoms with Gasteiger partial charge in [-0.25, -0.2) is 4.79 Å². The number of carbonyl (C=O) groups excluding carboxylic acids is 2. The van der Waals surface area contributed by atoms with E-state index in [1.165, 1.54) is 37.7 Å². The second-order valence-electron chi connectivity index (χ2n) is 6.12. The fraction of sp³-hybridized carbons (Fsp3) is 0.625. The fourth-order valence-corrected chi connectivity index (χ4v) is 3.76. The van der Waals surface area contributed by atoms with Gasteiger partial charge in [0.05, 0.1) is 12.8 Å². The summed E-state index contributed by atoms with van der Waals surface area (Å²) < 4.78 is 4.66. The lowest BCUT2D eigenvalue weighted by Gasteiger charge is -2.26. The van der Waals surface area contributed by atoms with E-state index in [4.69, 9.17) is 5.73 Å². The smallest absolute Gasteiger partial charge is 0.350 e. The van der Waals surface area contributed by atoms with Crippen molar-refractivity contribution < 1.29 is 19.4 Å². The maximum atomic E-state index is 12.1. The first-order chi connectivity index (χ1) is 11.5. The number of ether oxygens (including phenoxy) is 1. The lowest BCUT2D eigenvalue weighted by molar-refractivity contribution is -0.130. The molecule has 8 heteroatoms. The quantitative estimate of drug-likeness (QED) is 0.437. The predicted octanol–water partition coefficient (Wildman–Crippen LogP) is 1.64. The SMILES string of the molecule is COC(=O)c1sccc1NNC(=O)C(O)C(N)CC1CCCCC1. The monoisotopic (exact) mass is 355 g/mol. The van der Waals surface area contributed by atoms with Gasteiger partial charge in [-0.15, -0.1) is 11.3 Å². The second kappa shape index (κ2) is 9.00. The molecule has 1 amide bonds. The molecule has 0 radical (unpaired) electrons. The Morgan fingerprint density at radius 2 is 2.12 bits per heavy atom. The van der Waals surface area contributed by atoms with E-state index in [2.05, 4.69) is 15.6 Å². The number of thiophene rings is 1. The van der Waals surface area contributed by atoms with Crippen LogP contribution in [-0.4, -0.2) is 36.2 Å². The number of nitrogens with two attached hydrogens (primary N) is 1. The number of aliphatic hydroxyl groups excluding tert-OH is 1. The lowest BCUT2D eigenvalue weighted by atomic mass is 9.84. The first-order valence-electron chi connectivity index (χ1n) is 8.18. The summed E-state index contributed by atoms with van der Waals surface area (Å²) in [7, 11) is 1.29. The Morgan fingerprint density at radius 3 is 2.79 bits per heavy atom. The predicted molar refractivity (Wildman–Crippen MR) is 92.6 cm³/mol. The summed E-state index contributed by atoms with van der Waals surface area (Å²) in [6.45, 7) is 0. The minimum absolute atomic E-state index is 0.346. The molecule has 2 rings (SSSR count). The number of carbonyl (C=O) groups is 2. The van der Waals surface area contributed by atoms with Crippen LogP contribution >= 0.6 is 11.3 Å². The molecule has 2 unspecified atom stereocenters. The number of esters is 1. The highest BCUT2D eigenvalue weighted by Gasteiger charge is 2.26. The molecule has 1 aliphatic rings. The minimum atomic E-state index is -1.29. The van der Waals surface area contributed by atoms with Gasteiger partial charge in [-0.3, -0.25) is 15.6 Å². The molecule has 5 N–H and O–H groups in total. The maximum Gasteiger partial charge on any atom is 0.350 e. The summed E-state index contributed by atoms with van der Waals surface area (Å²) in [5.41, 5.74) is 11.5. The summed E-state index contributed by atoms with van der Waals surface area (Å²) in [6.07, 6.45) is 5.20. The van der Waals surface area contributed by atoms with Crippen molar-refractivity contribution in [2.24, 2.45) is 11.7 Å². The Bertz CT molecular complexity index is 557. The molecule has 1 fully saturated rings. The number of hydrazine groups is 1. The van der Waals surface area contributed by atoms with Crippen LogP contribution in [0.3, 0.4) is 0 Å². The van der Waals surface area contributed by atoms with Gasteiger partial charge in [-0.2, -0.15) is 0 Å². The molecule has 7 nitrogen and oxygen atoms in total. The third kappa shape index (κ3) is 4.93. The van der Waals surface area contributed by atoms with Crippen LogP contribution in [0.4, 0.5) is 5.69 Å². The van der Waals surface area contributed by atoms with Crippen molar-refractivity contribution in [3.63, 3.8) is 0 Å². The minimum Gasteiger partial charge on any atom is -0.465 e. The summed E-state index contributed by atoms with van der Waals surface area (Å²) >= 11 is 1.20. The Balaban J connectivity index is 1.83. The molecule has 1 aromatic rings. The number of methoxy groups -OCH3 is 1. The maximum absolute atomic E-state index is 12.1. The molecule has 0 bridgehead atoms. The number of hydrogen-bond donors (Lipinski definition) is 4. The first kappa shape index (κ1) is 18.7. The molecule has 0 aromatic carbocycles. The molecule has 24 heavy (non-hydrogen) atoms. The third-order valence-corrected chi connectivity index (χ3v) is 5.26. The molecule has 0 spiro atoms. The Kier molecular flexibility index (Phi) is 7.01. The van der Waals surface area contributed by atoms with Gasteiger partial charge in [0.2, 0.25) is 0 Å². The van der Waals surface area contributed by atoms with Gasteiger partial charge in [0, 0.05) is 6.04 Å². The topological polar surface area (TPSA) is 114 Å². The fourth-order valence-electron chi connectivity index (χ4n) is 2.99. The first-order valence-corrected chi connectivity index (χ1v) is 9.06. The molecule has 0 saturated heterocycles. The number of rotatable bonds is 7. The molecular formula is C16H25N3O4S. The van der Waals surface area contributed by atoms with Gasteiger partial charge in [-0.05, 0) is 23.8 Å². The van der Waals surface area contributed by atoms with Crippen molar-refractivity contribution >= 4 is 28.9 Å². The molecule has 134 valence electrons. The van der Waals surface area contributed by atoms with E-state index in [1.54, 1.807) is 11.4 Å². The van der Waals surface area contributed by atoms with Crippen LogP contribution in [0.25, 0.3) is 0 Å². The van der Waals surface area contributed by atoms with Gasteiger partial charge in [0.1, 0.15) is 11.0 Å². The van der Waals surface area contributed by atoms with Crippen molar-refractivity contribution in [3.05, 3.63) is 16.3 Å². The van der Waals surface area contributed by atoms with E-state index in [9.17, 15) is 14.7 Å². The molecular weight excluding hydrogens is 330 g/mol. The van der Waals surface area contributed by atoms with Gasteiger partial charge >= 0.3 is 5.97 Å². The average molecular weight is 355 g/mol. The van der Waals surface area contributed by atoms with Crippen LogP contribution in [0, 0.1) is 5.92 Å². The van der Waals surface area contributed by atoms with Crippen molar-refractivity contribution in [2.75, 3.05) is 12.5 Å². The van der Waals surface area contributed by atoms with E-state index in [-0.39, 0.29) is 0 Å². The van der Waals surface area contributed by atoms with Crippen LogP contribution in [0.15, 0.2) is 11.4 Å². The third-order valence-electron chi connectivity index (χ3n) is 4.36. The van der Waals surface area contributed by atoms with Gasteiger partial charge in [0.25, 0.3) is 5.91 Å². The van der Waals surface area contributed by atoms with Crippen molar-refractivity contribution in [1.29, 1.82) is 0 Å². The second-order valence-corrected chi connectivity index (χ2v) is 7.03. The highest BCUT2D eigenvalue weighted by Crippen LogP contribution is 2.27. The van der Waals surface area contributed by atoms with Crippen LogP contribution in [0.5, 0.6) is 0 Å². The van der Waals surface area contributed by atoms with Crippen molar-refractivity contribution in [2.45, 2.75) is 50.7 Å². The number of aliphatic hydroxyl groups is 1. The standard InChI is InChI=1S/C16H25N3O4S/c1-23-16(22)14-12(7-8-24-14)18-19-15(21)13(20)11(17)9-10-5-3-2-4-6-10/h7-8,10-11,13,18,20H,2-6,9,17H2,1H3,(H,19,21). The molecule has 1 aromatic heterocycles.